The topological polar surface area (TPSA) is 12.0 Å². The maximum atomic E-state index is 3.68. The first-order valence-electron chi connectivity index (χ1n) is 5.59. The molecule has 1 heterocycles. The first kappa shape index (κ1) is 10.0. The summed E-state index contributed by atoms with van der Waals surface area (Å²) < 4.78 is 0. The van der Waals surface area contributed by atoms with Crippen LogP contribution >= 0.6 is 0 Å². The zero-order valence-electron chi connectivity index (χ0n) is 8.60. The Kier molecular flexibility index (Phi) is 4.67. The van der Waals surface area contributed by atoms with Crippen LogP contribution in [0.15, 0.2) is 0 Å². The van der Waals surface area contributed by atoms with E-state index in [4.69, 9.17) is 0 Å². The molecule has 0 bridgehead atoms. The highest BCUT2D eigenvalue weighted by atomic mass is 15.0. The average Bonchev–Trinajstić information content (AvgIpc) is 2.05. The number of unbranched alkanes of at least 4 members (excludes halogenated alkanes) is 2. The van der Waals surface area contributed by atoms with Crippen LogP contribution in [0, 0.1) is 0 Å². The molecule has 0 aliphatic carbocycles. The van der Waals surface area contributed by atoms with Gasteiger partial charge in [0.05, 0.1) is 0 Å². The van der Waals surface area contributed by atoms with Crippen molar-refractivity contribution >= 4 is 0 Å². The van der Waals surface area contributed by atoms with E-state index in [1.54, 1.807) is 0 Å². The highest BCUT2D eigenvalue weighted by Crippen LogP contribution is 2.16. The lowest BCUT2D eigenvalue weighted by Crippen LogP contribution is -2.40. The van der Waals surface area contributed by atoms with Gasteiger partial charge in [0.15, 0.2) is 0 Å². The molecular weight excluding hydrogens is 146 g/mol. The number of hydrogen-bond acceptors (Lipinski definition) is 1. The van der Waals surface area contributed by atoms with Gasteiger partial charge in [0, 0.05) is 12.1 Å². The highest BCUT2D eigenvalue weighted by Gasteiger charge is 2.16. The lowest BCUT2D eigenvalue weighted by atomic mass is 9.96. The van der Waals surface area contributed by atoms with Gasteiger partial charge in [-0.2, -0.15) is 0 Å². The standard InChI is InChI=1S/C11H23N/c1-3-4-5-8-11-9-6-7-10(2)12-11/h10-12H,3-9H2,1-2H3. The maximum Gasteiger partial charge on any atom is 0.00695 e. The van der Waals surface area contributed by atoms with Crippen molar-refractivity contribution < 1.29 is 0 Å². The summed E-state index contributed by atoms with van der Waals surface area (Å²) in [5, 5.41) is 3.68. The summed E-state index contributed by atoms with van der Waals surface area (Å²) in [6, 6.07) is 1.60. The molecule has 1 aliphatic rings. The van der Waals surface area contributed by atoms with E-state index in [1.165, 1.54) is 44.9 Å². The molecule has 0 aromatic rings. The SMILES string of the molecule is CCCCCC1CCCC(C)N1. The fourth-order valence-electron chi connectivity index (χ4n) is 2.11. The molecule has 0 spiro atoms. The van der Waals surface area contributed by atoms with Crippen molar-refractivity contribution in [2.45, 2.75) is 70.9 Å². The summed E-state index contributed by atoms with van der Waals surface area (Å²) in [6.45, 7) is 4.59. The lowest BCUT2D eigenvalue weighted by molar-refractivity contribution is 0.315. The van der Waals surface area contributed by atoms with Crippen molar-refractivity contribution in [1.82, 2.24) is 5.32 Å². The molecule has 1 N–H and O–H groups in total. The molecular formula is C11H23N. The molecule has 1 aliphatic heterocycles. The molecule has 12 heavy (non-hydrogen) atoms. The molecule has 72 valence electrons. The van der Waals surface area contributed by atoms with Gasteiger partial charge in [0.2, 0.25) is 0 Å². The van der Waals surface area contributed by atoms with Crippen LogP contribution in [0.1, 0.15) is 58.8 Å². The minimum atomic E-state index is 0.769. The Balaban J connectivity index is 2.06. The Labute approximate surface area is 76.9 Å². The summed E-state index contributed by atoms with van der Waals surface area (Å²) in [6.07, 6.45) is 9.80. The lowest BCUT2D eigenvalue weighted by Gasteiger charge is -2.28. The highest BCUT2D eigenvalue weighted by molar-refractivity contribution is 4.77. The van der Waals surface area contributed by atoms with E-state index in [2.05, 4.69) is 19.2 Å². The number of hydrogen-bond donors (Lipinski definition) is 1. The quantitative estimate of drug-likeness (QED) is 0.638. The van der Waals surface area contributed by atoms with Gasteiger partial charge >= 0.3 is 0 Å². The van der Waals surface area contributed by atoms with E-state index in [1.807, 2.05) is 0 Å². The zero-order valence-corrected chi connectivity index (χ0v) is 8.60. The van der Waals surface area contributed by atoms with Gasteiger partial charge in [-0.25, -0.2) is 0 Å². The molecule has 0 aromatic carbocycles. The van der Waals surface area contributed by atoms with Crippen molar-refractivity contribution in [1.29, 1.82) is 0 Å². The molecule has 1 rings (SSSR count). The number of rotatable bonds is 4. The molecule has 1 saturated heterocycles. The zero-order chi connectivity index (χ0) is 8.81. The molecule has 0 saturated carbocycles. The van der Waals surface area contributed by atoms with E-state index in [0.29, 0.717) is 0 Å². The Bertz CT molecular complexity index is 112. The van der Waals surface area contributed by atoms with E-state index in [-0.39, 0.29) is 0 Å². The minimum Gasteiger partial charge on any atom is -0.312 e. The van der Waals surface area contributed by atoms with Crippen LogP contribution < -0.4 is 5.32 Å². The molecule has 0 radical (unpaired) electrons. The summed E-state index contributed by atoms with van der Waals surface area (Å²) in [4.78, 5) is 0. The van der Waals surface area contributed by atoms with Crippen molar-refractivity contribution in [3.63, 3.8) is 0 Å². The normalized spacial score (nSPS) is 30.5. The van der Waals surface area contributed by atoms with Gasteiger partial charge in [-0.15, -0.1) is 0 Å². The molecule has 1 nitrogen and oxygen atoms in total. The van der Waals surface area contributed by atoms with Crippen LogP contribution in [0.3, 0.4) is 0 Å². The smallest absolute Gasteiger partial charge is 0.00695 e. The fraction of sp³-hybridized carbons (Fsp3) is 1.00. The first-order valence-corrected chi connectivity index (χ1v) is 5.59. The van der Waals surface area contributed by atoms with Crippen molar-refractivity contribution in [3.05, 3.63) is 0 Å². The van der Waals surface area contributed by atoms with E-state index in [0.717, 1.165) is 12.1 Å². The third kappa shape index (κ3) is 3.57. The van der Waals surface area contributed by atoms with Crippen LogP contribution in [0.25, 0.3) is 0 Å². The van der Waals surface area contributed by atoms with Crippen molar-refractivity contribution in [2.75, 3.05) is 0 Å². The molecule has 0 amide bonds. The number of nitrogens with one attached hydrogen (secondary N) is 1. The molecule has 0 aromatic heterocycles. The summed E-state index contributed by atoms with van der Waals surface area (Å²) >= 11 is 0. The second-order valence-corrected chi connectivity index (χ2v) is 4.19. The van der Waals surface area contributed by atoms with Gasteiger partial charge in [-0.05, 0) is 26.2 Å². The van der Waals surface area contributed by atoms with Crippen LogP contribution in [0.4, 0.5) is 0 Å². The van der Waals surface area contributed by atoms with Crippen molar-refractivity contribution in [2.24, 2.45) is 0 Å². The summed E-state index contributed by atoms with van der Waals surface area (Å²) in [5.74, 6) is 0. The Morgan fingerprint density at radius 1 is 1.25 bits per heavy atom. The third-order valence-electron chi connectivity index (χ3n) is 2.87. The van der Waals surface area contributed by atoms with Gasteiger partial charge in [0.25, 0.3) is 0 Å². The Hall–Kier alpha value is -0.0400. The predicted octanol–water partition coefficient (Wildman–Crippen LogP) is 3.10. The Morgan fingerprint density at radius 3 is 2.75 bits per heavy atom. The van der Waals surface area contributed by atoms with Crippen LogP contribution in [-0.2, 0) is 0 Å². The Morgan fingerprint density at radius 2 is 2.08 bits per heavy atom. The second-order valence-electron chi connectivity index (χ2n) is 4.19. The molecule has 1 heteroatoms. The fourth-order valence-corrected chi connectivity index (χ4v) is 2.11. The second kappa shape index (κ2) is 5.58. The predicted molar refractivity (Wildman–Crippen MR) is 54.4 cm³/mol. The average molecular weight is 169 g/mol. The molecule has 2 atom stereocenters. The number of piperidine rings is 1. The van der Waals surface area contributed by atoms with Gasteiger partial charge < -0.3 is 5.32 Å². The van der Waals surface area contributed by atoms with Gasteiger partial charge in [0.1, 0.15) is 0 Å². The first-order chi connectivity index (χ1) is 5.83. The molecule has 1 fully saturated rings. The van der Waals surface area contributed by atoms with Crippen LogP contribution in [-0.4, -0.2) is 12.1 Å². The monoisotopic (exact) mass is 169 g/mol. The minimum absolute atomic E-state index is 0.769. The third-order valence-corrected chi connectivity index (χ3v) is 2.87. The van der Waals surface area contributed by atoms with Gasteiger partial charge in [-0.3, -0.25) is 0 Å². The van der Waals surface area contributed by atoms with E-state index in [9.17, 15) is 0 Å². The van der Waals surface area contributed by atoms with Crippen LogP contribution in [0.5, 0.6) is 0 Å². The summed E-state index contributed by atoms with van der Waals surface area (Å²) in [5.41, 5.74) is 0. The van der Waals surface area contributed by atoms with Crippen LogP contribution in [0.2, 0.25) is 0 Å². The molecule has 2 unspecified atom stereocenters. The van der Waals surface area contributed by atoms with E-state index >= 15 is 0 Å². The largest absolute Gasteiger partial charge is 0.312 e. The van der Waals surface area contributed by atoms with Gasteiger partial charge in [-0.1, -0.05) is 32.6 Å². The van der Waals surface area contributed by atoms with E-state index < -0.39 is 0 Å². The summed E-state index contributed by atoms with van der Waals surface area (Å²) in [7, 11) is 0. The van der Waals surface area contributed by atoms with Crippen molar-refractivity contribution in [3.8, 4) is 0 Å². The maximum absolute atomic E-state index is 3.68.